The van der Waals surface area contributed by atoms with E-state index in [2.05, 4.69) is 21.2 Å². The summed E-state index contributed by atoms with van der Waals surface area (Å²) >= 11 is 3.10. The summed E-state index contributed by atoms with van der Waals surface area (Å²) in [6.07, 6.45) is 0. The van der Waals surface area contributed by atoms with Crippen molar-refractivity contribution in [1.82, 2.24) is 0 Å². The molecular formula is C15H13BrFNO2. The maximum atomic E-state index is 13.4. The lowest BCUT2D eigenvalue weighted by Crippen LogP contribution is -2.21. The fourth-order valence-electron chi connectivity index (χ4n) is 1.89. The quantitative estimate of drug-likeness (QED) is 0.881. The first-order valence-corrected chi connectivity index (χ1v) is 6.78. The average Bonchev–Trinajstić information content (AvgIpc) is 2.42. The number of benzene rings is 2. The Morgan fingerprint density at radius 1 is 1.30 bits per heavy atom. The molecule has 1 unspecified atom stereocenters. The zero-order chi connectivity index (χ0) is 14.7. The van der Waals surface area contributed by atoms with Crippen LogP contribution in [0.1, 0.15) is 17.2 Å². The summed E-state index contributed by atoms with van der Waals surface area (Å²) in [6, 6.07) is 10.9. The summed E-state index contributed by atoms with van der Waals surface area (Å²) < 4.78 is 13.7. The van der Waals surface area contributed by atoms with Crippen LogP contribution in [0.15, 0.2) is 46.9 Å². The Hall–Kier alpha value is -1.88. The van der Waals surface area contributed by atoms with Gasteiger partial charge in [-0.05, 0) is 46.1 Å². The van der Waals surface area contributed by atoms with Gasteiger partial charge in [-0.1, -0.05) is 30.3 Å². The largest absolute Gasteiger partial charge is 0.479 e. The van der Waals surface area contributed by atoms with E-state index in [4.69, 9.17) is 0 Å². The van der Waals surface area contributed by atoms with E-state index in [0.29, 0.717) is 21.3 Å². The number of aliphatic carboxylic acids is 1. The van der Waals surface area contributed by atoms with Crippen LogP contribution < -0.4 is 5.32 Å². The minimum absolute atomic E-state index is 0.294. The fourth-order valence-corrected chi connectivity index (χ4v) is 2.23. The van der Waals surface area contributed by atoms with Crippen LogP contribution in [0.4, 0.5) is 10.1 Å². The summed E-state index contributed by atoms with van der Waals surface area (Å²) in [6.45, 7) is 1.72. The van der Waals surface area contributed by atoms with Crippen LogP contribution in [0.5, 0.6) is 0 Å². The van der Waals surface area contributed by atoms with Crippen LogP contribution in [0.25, 0.3) is 0 Å². The molecule has 20 heavy (non-hydrogen) atoms. The first-order valence-electron chi connectivity index (χ1n) is 5.99. The summed E-state index contributed by atoms with van der Waals surface area (Å²) in [5.74, 6) is -1.37. The molecule has 0 fully saturated rings. The highest BCUT2D eigenvalue weighted by Gasteiger charge is 2.20. The van der Waals surface area contributed by atoms with Gasteiger partial charge < -0.3 is 10.4 Å². The van der Waals surface area contributed by atoms with Crippen molar-refractivity contribution in [3.05, 3.63) is 63.9 Å². The monoisotopic (exact) mass is 337 g/mol. The van der Waals surface area contributed by atoms with E-state index in [-0.39, 0.29) is 5.82 Å². The standard InChI is InChI=1S/C15H13BrFNO2/c1-9-7-12(17)11(16)8-13(9)18-14(15(19)20)10-5-3-2-4-6-10/h2-8,14,18H,1H3,(H,19,20). The maximum Gasteiger partial charge on any atom is 0.330 e. The third-order valence-electron chi connectivity index (χ3n) is 2.95. The minimum atomic E-state index is -0.990. The number of carbonyl (C=O) groups is 1. The van der Waals surface area contributed by atoms with Crippen molar-refractivity contribution in [2.45, 2.75) is 13.0 Å². The normalized spacial score (nSPS) is 11.9. The topological polar surface area (TPSA) is 49.3 Å². The van der Waals surface area contributed by atoms with Gasteiger partial charge in [0, 0.05) is 5.69 Å². The molecule has 0 aliphatic heterocycles. The molecule has 2 N–H and O–H groups in total. The highest BCUT2D eigenvalue weighted by Crippen LogP contribution is 2.27. The first-order chi connectivity index (χ1) is 9.49. The van der Waals surface area contributed by atoms with Gasteiger partial charge in [0.2, 0.25) is 0 Å². The zero-order valence-corrected chi connectivity index (χ0v) is 12.3. The number of rotatable bonds is 4. The van der Waals surface area contributed by atoms with Crippen molar-refractivity contribution in [3.8, 4) is 0 Å². The molecule has 1 atom stereocenters. The molecule has 0 bridgehead atoms. The Bertz CT molecular complexity index is 631. The smallest absolute Gasteiger partial charge is 0.330 e. The van der Waals surface area contributed by atoms with Crippen molar-refractivity contribution in [2.75, 3.05) is 5.32 Å². The molecule has 104 valence electrons. The molecular weight excluding hydrogens is 325 g/mol. The molecule has 0 aliphatic rings. The lowest BCUT2D eigenvalue weighted by molar-refractivity contribution is -0.138. The van der Waals surface area contributed by atoms with E-state index >= 15 is 0 Å². The third kappa shape index (κ3) is 3.17. The van der Waals surface area contributed by atoms with Crippen LogP contribution in [0, 0.1) is 12.7 Å². The van der Waals surface area contributed by atoms with Gasteiger partial charge >= 0.3 is 5.97 Å². The highest BCUT2D eigenvalue weighted by atomic mass is 79.9. The van der Waals surface area contributed by atoms with Gasteiger partial charge in [-0.3, -0.25) is 0 Å². The lowest BCUT2D eigenvalue weighted by atomic mass is 10.1. The van der Waals surface area contributed by atoms with Crippen LogP contribution >= 0.6 is 15.9 Å². The van der Waals surface area contributed by atoms with Gasteiger partial charge in [-0.2, -0.15) is 0 Å². The van der Waals surface area contributed by atoms with E-state index in [9.17, 15) is 14.3 Å². The molecule has 0 amide bonds. The van der Waals surface area contributed by atoms with Crippen LogP contribution in [0.2, 0.25) is 0 Å². The lowest BCUT2D eigenvalue weighted by Gasteiger charge is -2.18. The van der Waals surface area contributed by atoms with E-state index in [1.165, 1.54) is 6.07 Å². The van der Waals surface area contributed by atoms with Crippen molar-refractivity contribution in [1.29, 1.82) is 0 Å². The molecule has 2 rings (SSSR count). The number of aryl methyl sites for hydroxylation is 1. The van der Waals surface area contributed by atoms with Crippen molar-refractivity contribution >= 4 is 27.6 Å². The van der Waals surface area contributed by atoms with Crippen LogP contribution in [-0.2, 0) is 4.79 Å². The second kappa shape index (κ2) is 6.05. The average molecular weight is 338 g/mol. The molecule has 0 spiro atoms. The molecule has 3 nitrogen and oxygen atoms in total. The number of carboxylic acid groups (broad SMARTS) is 1. The number of anilines is 1. The number of carboxylic acids is 1. The Labute approximate surface area is 124 Å². The van der Waals surface area contributed by atoms with Gasteiger partial charge in [0.15, 0.2) is 6.04 Å². The number of hydrogen-bond donors (Lipinski definition) is 2. The number of nitrogens with one attached hydrogen (secondary N) is 1. The Morgan fingerprint density at radius 2 is 1.95 bits per heavy atom. The summed E-state index contributed by atoms with van der Waals surface area (Å²) in [4.78, 5) is 11.4. The van der Waals surface area contributed by atoms with Gasteiger partial charge in [-0.25, -0.2) is 9.18 Å². The van der Waals surface area contributed by atoms with E-state index in [1.807, 2.05) is 6.07 Å². The third-order valence-corrected chi connectivity index (χ3v) is 3.55. The number of hydrogen-bond acceptors (Lipinski definition) is 2. The molecule has 0 heterocycles. The molecule has 5 heteroatoms. The van der Waals surface area contributed by atoms with Gasteiger partial charge in [-0.15, -0.1) is 0 Å². The highest BCUT2D eigenvalue weighted by molar-refractivity contribution is 9.10. The molecule has 0 saturated heterocycles. The van der Waals surface area contributed by atoms with Crippen molar-refractivity contribution in [2.24, 2.45) is 0 Å². The van der Waals surface area contributed by atoms with Crippen LogP contribution in [0.3, 0.4) is 0 Å². The van der Waals surface area contributed by atoms with Crippen molar-refractivity contribution in [3.63, 3.8) is 0 Å². The predicted molar refractivity (Wildman–Crippen MR) is 79.3 cm³/mol. The molecule has 0 aliphatic carbocycles. The van der Waals surface area contributed by atoms with Crippen molar-refractivity contribution < 1.29 is 14.3 Å². The Morgan fingerprint density at radius 3 is 2.55 bits per heavy atom. The van der Waals surface area contributed by atoms with E-state index < -0.39 is 12.0 Å². The molecule has 0 radical (unpaired) electrons. The molecule has 0 saturated carbocycles. The second-order valence-electron chi connectivity index (χ2n) is 4.41. The van der Waals surface area contributed by atoms with E-state index in [0.717, 1.165) is 0 Å². The molecule has 2 aromatic rings. The Kier molecular flexibility index (Phi) is 4.39. The first kappa shape index (κ1) is 14.5. The van der Waals surface area contributed by atoms with Gasteiger partial charge in [0.05, 0.1) is 4.47 Å². The fraction of sp³-hybridized carbons (Fsp3) is 0.133. The predicted octanol–water partition coefficient (Wildman–Crippen LogP) is 4.13. The summed E-state index contributed by atoms with van der Waals surface area (Å²) in [5, 5.41) is 12.3. The molecule has 2 aromatic carbocycles. The van der Waals surface area contributed by atoms with Gasteiger partial charge in [0.25, 0.3) is 0 Å². The SMILES string of the molecule is Cc1cc(F)c(Br)cc1NC(C(=O)O)c1ccccc1. The maximum absolute atomic E-state index is 13.4. The van der Waals surface area contributed by atoms with E-state index in [1.54, 1.807) is 37.3 Å². The summed E-state index contributed by atoms with van der Waals surface area (Å²) in [5.41, 5.74) is 1.86. The summed E-state index contributed by atoms with van der Waals surface area (Å²) in [7, 11) is 0. The van der Waals surface area contributed by atoms with Crippen LogP contribution in [-0.4, -0.2) is 11.1 Å². The second-order valence-corrected chi connectivity index (χ2v) is 5.26. The van der Waals surface area contributed by atoms with Gasteiger partial charge in [0.1, 0.15) is 5.82 Å². The Balaban J connectivity index is 2.35. The molecule has 0 aromatic heterocycles. The number of halogens is 2. The minimum Gasteiger partial charge on any atom is -0.479 e. The zero-order valence-electron chi connectivity index (χ0n) is 10.7.